The maximum absolute atomic E-state index is 10.9. The number of hydrogen-bond donors (Lipinski definition) is 2. The molecule has 0 bridgehead atoms. The molecular formula is C12H12N4O2. The van der Waals surface area contributed by atoms with Crippen LogP contribution in [-0.2, 0) is 0 Å². The predicted molar refractivity (Wildman–Crippen MR) is 64.7 cm³/mol. The molecular weight excluding hydrogens is 232 g/mol. The van der Waals surface area contributed by atoms with Crippen molar-refractivity contribution in [3.8, 4) is 5.82 Å². The Kier molecular flexibility index (Phi) is 2.29. The van der Waals surface area contributed by atoms with Gasteiger partial charge in [-0.2, -0.15) is 5.10 Å². The number of aromatic carboxylic acids is 1. The molecule has 2 aromatic heterocycles. The average Bonchev–Trinajstić information content (AvgIpc) is 3.08. The lowest BCUT2D eigenvalue weighted by Crippen LogP contribution is -2.08. The molecule has 18 heavy (non-hydrogen) atoms. The molecule has 6 nitrogen and oxygen atoms in total. The van der Waals surface area contributed by atoms with Crippen LogP contribution in [0.25, 0.3) is 5.82 Å². The molecule has 1 aliphatic rings. The highest BCUT2D eigenvalue weighted by atomic mass is 16.4. The van der Waals surface area contributed by atoms with Gasteiger partial charge in [-0.15, -0.1) is 0 Å². The van der Waals surface area contributed by atoms with E-state index in [0.29, 0.717) is 17.4 Å². The van der Waals surface area contributed by atoms with Crippen LogP contribution in [0.2, 0.25) is 0 Å². The molecule has 2 heterocycles. The van der Waals surface area contributed by atoms with E-state index in [4.69, 9.17) is 10.8 Å². The number of anilines is 1. The molecule has 0 aliphatic heterocycles. The number of carbonyl (C=O) groups is 1. The summed E-state index contributed by atoms with van der Waals surface area (Å²) in [4.78, 5) is 14.9. The summed E-state index contributed by atoms with van der Waals surface area (Å²) < 4.78 is 1.54. The van der Waals surface area contributed by atoms with Crippen LogP contribution in [0.15, 0.2) is 24.4 Å². The van der Waals surface area contributed by atoms with E-state index >= 15 is 0 Å². The number of carboxylic acid groups (broad SMARTS) is 1. The second-order valence-electron chi connectivity index (χ2n) is 4.37. The van der Waals surface area contributed by atoms with Gasteiger partial charge in [-0.05, 0) is 31.0 Å². The highest BCUT2D eigenvalue weighted by molar-refractivity contribution is 5.86. The summed E-state index contributed by atoms with van der Waals surface area (Å²) in [7, 11) is 0. The van der Waals surface area contributed by atoms with E-state index in [9.17, 15) is 4.79 Å². The molecule has 0 atom stereocenters. The number of carboxylic acids is 1. The number of hydrogen-bond acceptors (Lipinski definition) is 4. The molecule has 0 unspecified atom stereocenters. The first-order valence-corrected chi connectivity index (χ1v) is 5.71. The minimum atomic E-state index is -1.08. The SMILES string of the molecule is Nc1ccc(C(=O)O)nc1-n1ccc(C2CC2)n1. The Morgan fingerprint density at radius 3 is 2.83 bits per heavy atom. The standard InChI is InChI=1S/C12H12N4O2/c13-8-3-4-10(12(17)18)14-11(8)16-6-5-9(15-16)7-1-2-7/h3-7H,1-2,13H2,(H,17,18). The third kappa shape index (κ3) is 1.81. The van der Waals surface area contributed by atoms with E-state index in [2.05, 4.69) is 10.1 Å². The first kappa shape index (κ1) is 10.8. The summed E-state index contributed by atoms with van der Waals surface area (Å²) in [6, 6.07) is 4.84. The first-order valence-electron chi connectivity index (χ1n) is 5.71. The van der Waals surface area contributed by atoms with Crippen LogP contribution in [0.3, 0.4) is 0 Å². The Morgan fingerprint density at radius 1 is 1.39 bits per heavy atom. The Morgan fingerprint density at radius 2 is 2.17 bits per heavy atom. The molecule has 3 rings (SSSR count). The van der Waals surface area contributed by atoms with Gasteiger partial charge in [0.2, 0.25) is 0 Å². The minimum Gasteiger partial charge on any atom is -0.477 e. The van der Waals surface area contributed by atoms with Gasteiger partial charge in [-0.25, -0.2) is 14.5 Å². The van der Waals surface area contributed by atoms with Crippen molar-refractivity contribution in [3.05, 3.63) is 35.8 Å². The van der Waals surface area contributed by atoms with E-state index in [1.165, 1.54) is 16.8 Å². The molecule has 0 saturated heterocycles. The number of aromatic nitrogens is 3. The van der Waals surface area contributed by atoms with Gasteiger partial charge in [-0.1, -0.05) is 0 Å². The molecule has 2 aromatic rings. The monoisotopic (exact) mass is 244 g/mol. The van der Waals surface area contributed by atoms with E-state index in [0.717, 1.165) is 18.5 Å². The van der Waals surface area contributed by atoms with Gasteiger partial charge in [0.25, 0.3) is 0 Å². The third-order valence-electron chi connectivity index (χ3n) is 2.95. The smallest absolute Gasteiger partial charge is 0.354 e. The van der Waals surface area contributed by atoms with Crippen LogP contribution < -0.4 is 5.73 Å². The van der Waals surface area contributed by atoms with Crippen molar-refractivity contribution in [1.29, 1.82) is 0 Å². The van der Waals surface area contributed by atoms with Crippen molar-refractivity contribution in [3.63, 3.8) is 0 Å². The van der Waals surface area contributed by atoms with Gasteiger partial charge in [0.15, 0.2) is 11.5 Å². The van der Waals surface area contributed by atoms with E-state index < -0.39 is 5.97 Å². The number of nitrogen functional groups attached to an aromatic ring is 1. The van der Waals surface area contributed by atoms with Gasteiger partial charge in [-0.3, -0.25) is 0 Å². The summed E-state index contributed by atoms with van der Waals surface area (Å²) in [6.45, 7) is 0. The Hall–Kier alpha value is -2.37. The van der Waals surface area contributed by atoms with Crippen molar-refractivity contribution in [2.75, 3.05) is 5.73 Å². The largest absolute Gasteiger partial charge is 0.477 e. The molecule has 0 amide bonds. The molecule has 3 N–H and O–H groups in total. The Labute approximate surface area is 103 Å². The summed E-state index contributed by atoms with van der Waals surface area (Å²) in [5.74, 6) is -0.178. The summed E-state index contributed by atoms with van der Waals surface area (Å²) in [5, 5.41) is 13.3. The lowest BCUT2D eigenvalue weighted by Gasteiger charge is -2.05. The first-order chi connectivity index (χ1) is 8.65. The van der Waals surface area contributed by atoms with Crippen LogP contribution in [-0.4, -0.2) is 25.8 Å². The van der Waals surface area contributed by atoms with Crippen molar-refractivity contribution in [1.82, 2.24) is 14.8 Å². The van der Waals surface area contributed by atoms with Gasteiger partial charge in [0.1, 0.15) is 0 Å². The van der Waals surface area contributed by atoms with Crippen molar-refractivity contribution in [2.45, 2.75) is 18.8 Å². The van der Waals surface area contributed by atoms with Crippen molar-refractivity contribution in [2.24, 2.45) is 0 Å². The van der Waals surface area contributed by atoms with Crippen LogP contribution in [0.4, 0.5) is 5.69 Å². The van der Waals surface area contributed by atoms with Gasteiger partial charge in [0.05, 0.1) is 11.4 Å². The van der Waals surface area contributed by atoms with Crippen LogP contribution in [0, 0.1) is 0 Å². The Bertz CT molecular complexity index is 616. The molecule has 0 spiro atoms. The fourth-order valence-electron chi connectivity index (χ4n) is 1.81. The summed E-state index contributed by atoms with van der Waals surface area (Å²) >= 11 is 0. The predicted octanol–water partition coefficient (Wildman–Crippen LogP) is 1.43. The van der Waals surface area contributed by atoms with Crippen LogP contribution in [0.5, 0.6) is 0 Å². The number of pyridine rings is 1. The van der Waals surface area contributed by atoms with Crippen molar-refractivity contribution < 1.29 is 9.90 Å². The normalized spacial score (nSPS) is 14.7. The molecule has 92 valence electrons. The molecule has 1 saturated carbocycles. The number of rotatable bonds is 3. The van der Waals surface area contributed by atoms with E-state index in [1.807, 2.05) is 6.07 Å². The van der Waals surface area contributed by atoms with E-state index in [1.54, 1.807) is 6.20 Å². The fourth-order valence-corrected chi connectivity index (χ4v) is 1.81. The van der Waals surface area contributed by atoms with Crippen LogP contribution in [0.1, 0.15) is 34.9 Å². The molecule has 0 radical (unpaired) electrons. The number of nitrogens with two attached hydrogens (primary N) is 1. The zero-order chi connectivity index (χ0) is 12.7. The summed E-state index contributed by atoms with van der Waals surface area (Å²) in [6.07, 6.45) is 4.09. The third-order valence-corrected chi connectivity index (χ3v) is 2.95. The average molecular weight is 244 g/mol. The zero-order valence-corrected chi connectivity index (χ0v) is 9.58. The maximum atomic E-state index is 10.9. The highest BCUT2D eigenvalue weighted by Gasteiger charge is 2.26. The van der Waals surface area contributed by atoms with E-state index in [-0.39, 0.29) is 5.69 Å². The quantitative estimate of drug-likeness (QED) is 0.851. The van der Waals surface area contributed by atoms with Gasteiger partial charge in [0, 0.05) is 12.1 Å². The van der Waals surface area contributed by atoms with Crippen LogP contribution >= 0.6 is 0 Å². The fraction of sp³-hybridized carbons (Fsp3) is 0.250. The maximum Gasteiger partial charge on any atom is 0.354 e. The molecule has 1 fully saturated rings. The lowest BCUT2D eigenvalue weighted by molar-refractivity contribution is 0.0690. The second kappa shape index (κ2) is 3.83. The lowest BCUT2D eigenvalue weighted by atomic mass is 10.3. The topological polar surface area (TPSA) is 94.0 Å². The zero-order valence-electron chi connectivity index (χ0n) is 9.58. The second-order valence-corrected chi connectivity index (χ2v) is 4.37. The molecule has 0 aromatic carbocycles. The van der Waals surface area contributed by atoms with Crippen molar-refractivity contribution >= 4 is 11.7 Å². The minimum absolute atomic E-state index is 0.0392. The van der Waals surface area contributed by atoms with Gasteiger partial charge >= 0.3 is 5.97 Å². The molecule has 1 aliphatic carbocycles. The van der Waals surface area contributed by atoms with Gasteiger partial charge < -0.3 is 10.8 Å². The number of nitrogens with zero attached hydrogens (tertiary/aromatic N) is 3. The highest BCUT2D eigenvalue weighted by Crippen LogP contribution is 2.39. The Balaban J connectivity index is 2.03. The summed E-state index contributed by atoms with van der Waals surface area (Å²) in [5.41, 5.74) is 7.19. The molecule has 6 heteroatoms.